The van der Waals surface area contributed by atoms with Crippen LogP contribution in [-0.2, 0) is 11.3 Å². The first-order valence-electron chi connectivity index (χ1n) is 5.11. The van der Waals surface area contributed by atoms with Gasteiger partial charge in [-0.15, -0.1) is 0 Å². The van der Waals surface area contributed by atoms with Crippen LogP contribution in [0.25, 0.3) is 0 Å². The molecule has 1 aromatic carbocycles. The Kier molecular flexibility index (Phi) is 3.40. The Morgan fingerprint density at radius 1 is 1.35 bits per heavy atom. The van der Waals surface area contributed by atoms with Gasteiger partial charge < -0.3 is 14.6 Å². The summed E-state index contributed by atoms with van der Waals surface area (Å²) in [6, 6.07) is 8.92. The molecule has 1 N–H and O–H groups in total. The van der Waals surface area contributed by atoms with Crippen molar-refractivity contribution in [3.05, 3.63) is 47.7 Å². The van der Waals surface area contributed by atoms with Crippen molar-refractivity contribution in [2.45, 2.75) is 6.54 Å². The van der Waals surface area contributed by atoms with Crippen molar-refractivity contribution >= 4 is 11.8 Å². The van der Waals surface area contributed by atoms with Crippen molar-refractivity contribution in [2.24, 2.45) is 0 Å². The Morgan fingerprint density at radius 2 is 2.12 bits per heavy atom. The number of rotatable bonds is 4. The molecule has 0 saturated heterocycles. The highest BCUT2D eigenvalue weighted by molar-refractivity contribution is 5.89. The highest BCUT2D eigenvalue weighted by Gasteiger charge is 2.04. The number of esters is 1. The van der Waals surface area contributed by atoms with Gasteiger partial charge in [0.1, 0.15) is 6.26 Å². The lowest BCUT2D eigenvalue weighted by Crippen LogP contribution is -2.03. The normalized spacial score (nSPS) is 9.94. The zero-order chi connectivity index (χ0) is 12.1. The maximum atomic E-state index is 11.2. The van der Waals surface area contributed by atoms with E-state index in [1.54, 1.807) is 18.2 Å². The van der Waals surface area contributed by atoms with Crippen molar-refractivity contribution in [3.63, 3.8) is 0 Å². The van der Waals surface area contributed by atoms with E-state index in [2.05, 4.69) is 15.2 Å². The smallest absolute Gasteiger partial charge is 0.337 e. The van der Waals surface area contributed by atoms with Crippen molar-refractivity contribution in [1.29, 1.82) is 0 Å². The van der Waals surface area contributed by atoms with E-state index in [1.807, 2.05) is 12.1 Å². The molecule has 0 spiro atoms. The van der Waals surface area contributed by atoms with Gasteiger partial charge in [-0.1, -0.05) is 17.3 Å². The van der Waals surface area contributed by atoms with Crippen LogP contribution in [-0.4, -0.2) is 18.2 Å². The molecule has 1 heterocycles. The number of hydrogen-bond donors (Lipinski definition) is 1. The van der Waals surface area contributed by atoms with Gasteiger partial charge in [-0.25, -0.2) is 4.79 Å². The van der Waals surface area contributed by atoms with E-state index in [1.165, 1.54) is 13.4 Å². The summed E-state index contributed by atoms with van der Waals surface area (Å²) in [6.07, 6.45) is 1.50. The highest BCUT2D eigenvalue weighted by Crippen LogP contribution is 2.08. The van der Waals surface area contributed by atoms with Gasteiger partial charge in [0.05, 0.1) is 12.7 Å². The second-order valence-corrected chi connectivity index (χ2v) is 3.43. The van der Waals surface area contributed by atoms with Gasteiger partial charge in [0.2, 0.25) is 0 Å². The molecule has 2 rings (SSSR count). The molecule has 0 radical (unpaired) electrons. The first kappa shape index (κ1) is 11.2. The van der Waals surface area contributed by atoms with Gasteiger partial charge in [0, 0.05) is 12.6 Å². The number of carbonyl (C=O) groups is 1. The molecule has 88 valence electrons. The lowest BCUT2D eigenvalue weighted by Gasteiger charge is -2.03. The van der Waals surface area contributed by atoms with Gasteiger partial charge in [0.15, 0.2) is 5.82 Å². The topological polar surface area (TPSA) is 64.4 Å². The van der Waals surface area contributed by atoms with Crippen molar-refractivity contribution in [3.8, 4) is 0 Å². The molecule has 0 fully saturated rings. The molecule has 0 aliphatic heterocycles. The van der Waals surface area contributed by atoms with Gasteiger partial charge in [-0.2, -0.15) is 0 Å². The molecule has 0 aliphatic carbocycles. The van der Waals surface area contributed by atoms with Crippen molar-refractivity contribution in [2.75, 3.05) is 12.4 Å². The van der Waals surface area contributed by atoms with Crippen LogP contribution in [0.5, 0.6) is 0 Å². The number of benzene rings is 1. The standard InChI is InChI=1S/C12H12N2O3/c1-16-12(15)10-4-2-9(3-5-10)8-13-11-6-7-17-14-11/h2-7H,8H2,1H3,(H,13,14). The minimum Gasteiger partial charge on any atom is -0.465 e. The van der Waals surface area contributed by atoms with Gasteiger partial charge in [-0.3, -0.25) is 0 Å². The third-order valence-electron chi connectivity index (χ3n) is 2.29. The van der Waals surface area contributed by atoms with Crippen LogP contribution >= 0.6 is 0 Å². The molecule has 0 saturated carbocycles. The van der Waals surface area contributed by atoms with E-state index in [4.69, 9.17) is 4.52 Å². The first-order chi connectivity index (χ1) is 8.29. The summed E-state index contributed by atoms with van der Waals surface area (Å²) in [7, 11) is 1.36. The van der Waals surface area contributed by atoms with E-state index in [9.17, 15) is 4.79 Å². The molecular weight excluding hydrogens is 220 g/mol. The van der Waals surface area contributed by atoms with Crippen LogP contribution in [0, 0.1) is 0 Å². The van der Waals surface area contributed by atoms with E-state index >= 15 is 0 Å². The molecule has 17 heavy (non-hydrogen) atoms. The maximum absolute atomic E-state index is 11.2. The Morgan fingerprint density at radius 3 is 2.71 bits per heavy atom. The summed E-state index contributed by atoms with van der Waals surface area (Å²) in [5.41, 5.74) is 1.58. The summed E-state index contributed by atoms with van der Waals surface area (Å²) in [6.45, 7) is 0.619. The van der Waals surface area contributed by atoms with Crippen LogP contribution in [0.1, 0.15) is 15.9 Å². The summed E-state index contributed by atoms with van der Waals surface area (Å²) in [5.74, 6) is 0.350. The Hall–Kier alpha value is -2.30. The first-order valence-corrected chi connectivity index (χ1v) is 5.11. The quantitative estimate of drug-likeness (QED) is 0.817. The molecule has 0 amide bonds. The summed E-state index contributed by atoms with van der Waals surface area (Å²) in [5, 5.41) is 6.81. The molecule has 5 heteroatoms. The molecule has 2 aromatic rings. The summed E-state index contributed by atoms with van der Waals surface area (Å²) >= 11 is 0. The summed E-state index contributed by atoms with van der Waals surface area (Å²) in [4.78, 5) is 11.2. The molecule has 0 unspecified atom stereocenters. The third-order valence-corrected chi connectivity index (χ3v) is 2.29. The lowest BCUT2D eigenvalue weighted by molar-refractivity contribution is 0.0600. The predicted molar refractivity (Wildman–Crippen MR) is 61.6 cm³/mol. The number of nitrogens with zero attached hydrogens (tertiary/aromatic N) is 1. The van der Waals surface area contributed by atoms with E-state index in [0.717, 1.165) is 5.56 Å². The Balaban J connectivity index is 1.96. The number of nitrogens with one attached hydrogen (secondary N) is 1. The molecule has 0 bridgehead atoms. The third kappa shape index (κ3) is 2.84. The second-order valence-electron chi connectivity index (χ2n) is 3.43. The zero-order valence-corrected chi connectivity index (χ0v) is 9.34. The van der Waals surface area contributed by atoms with E-state index in [0.29, 0.717) is 17.9 Å². The lowest BCUT2D eigenvalue weighted by atomic mass is 10.1. The number of aromatic nitrogens is 1. The monoisotopic (exact) mass is 232 g/mol. The van der Waals surface area contributed by atoms with Gasteiger partial charge >= 0.3 is 5.97 Å². The number of ether oxygens (including phenoxy) is 1. The fourth-order valence-corrected chi connectivity index (χ4v) is 1.37. The molecular formula is C12H12N2O3. The SMILES string of the molecule is COC(=O)c1ccc(CNc2ccon2)cc1. The van der Waals surface area contributed by atoms with Gasteiger partial charge in [0.25, 0.3) is 0 Å². The van der Waals surface area contributed by atoms with Crippen LogP contribution in [0.2, 0.25) is 0 Å². The number of hydrogen-bond acceptors (Lipinski definition) is 5. The van der Waals surface area contributed by atoms with E-state index < -0.39 is 0 Å². The molecule has 1 aromatic heterocycles. The van der Waals surface area contributed by atoms with Crippen LogP contribution in [0.3, 0.4) is 0 Å². The number of carbonyl (C=O) groups excluding carboxylic acids is 1. The minimum absolute atomic E-state index is 0.332. The molecule has 0 aliphatic rings. The fraction of sp³-hybridized carbons (Fsp3) is 0.167. The Labute approximate surface area is 98.4 Å². The largest absolute Gasteiger partial charge is 0.465 e. The zero-order valence-electron chi connectivity index (χ0n) is 9.34. The number of methoxy groups -OCH3 is 1. The second kappa shape index (κ2) is 5.16. The Bertz CT molecular complexity index is 477. The maximum Gasteiger partial charge on any atom is 0.337 e. The van der Waals surface area contributed by atoms with E-state index in [-0.39, 0.29) is 5.97 Å². The van der Waals surface area contributed by atoms with Crippen molar-refractivity contribution < 1.29 is 14.1 Å². The minimum atomic E-state index is -0.332. The fourth-order valence-electron chi connectivity index (χ4n) is 1.37. The van der Waals surface area contributed by atoms with Gasteiger partial charge in [-0.05, 0) is 17.7 Å². The van der Waals surface area contributed by atoms with Crippen LogP contribution in [0.4, 0.5) is 5.82 Å². The average Bonchev–Trinajstić information content (AvgIpc) is 2.89. The highest BCUT2D eigenvalue weighted by atomic mass is 16.5. The predicted octanol–water partition coefficient (Wildman–Crippen LogP) is 2.07. The van der Waals surface area contributed by atoms with Crippen LogP contribution in [0.15, 0.2) is 41.1 Å². The van der Waals surface area contributed by atoms with Crippen molar-refractivity contribution in [1.82, 2.24) is 5.16 Å². The number of anilines is 1. The average molecular weight is 232 g/mol. The summed E-state index contributed by atoms with van der Waals surface area (Å²) < 4.78 is 9.31. The molecule has 5 nitrogen and oxygen atoms in total. The molecule has 0 atom stereocenters. The van der Waals surface area contributed by atoms with Crippen LogP contribution < -0.4 is 5.32 Å².